The van der Waals surface area contributed by atoms with Crippen molar-refractivity contribution in [2.24, 2.45) is 7.05 Å². The van der Waals surface area contributed by atoms with E-state index in [9.17, 15) is 0 Å². The smallest absolute Gasteiger partial charge is 0.0534 e. The lowest BCUT2D eigenvalue weighted by Crippen LogP contribution is -2.53. The van der Waals surface area contributed by atoms with E-state index in [1.54, 1.807) is 0 Å². The first kappa shape index (κ1) is 18.0. The van der Waals surface area contributed by atoms with Crippen molar-refractivity contribution in [3.05, 3.63) is 89.2 Å². The largest absolute Gasteiger partial charge is 0.311 e. The molecule has 27 heavy (non-hydrogen) atoms. The second-order valence-electron chi connectivity index (χ2n) is 7.81. The van der Waals surface area contributed by atoms with E-state index in [0.717, 1.165) is 32.5 Å². The Morgan fingerprint density at radius 3 is 2.30 bits per heavy atom. The molecule has 3 aromatic rings. The van der Waals surface area contributed by atoms with Crippen molar-refractivity contribution in [2.45, 2.75) is 31.5 Å². The highest BCUT2D eigenvalue weighted by Gasteiger charge is 2.40. The van der Waals surface area contributed by atoms with Crippen LogP contribution in [0, 0.1) is 0 Å². The van der Waals surface area contributed by atoms with Crippen LogP contribution >= 0.6 is 0 Å². The van der Waals surface area contributed by atoms with Crippen molar-refractivity contribution >= 4 is 0 Å². The first-order valence-corrected chi connectivity index (χ1v) is 9.65. The van der Waals surface area contributed by atoms with Gasteiger partial charge in [0, 0.05) is 44.0 Å². The summed E-state index contributed by atoms with van der Waals surface area (Å²) in [6.45, 7) is 2.77. The summed E-state index contributed by atoms with van der Waals surface area (Å²) in [4.78, 5) is 2.54. The van der Waals surface area contributed by atoms with Gasteiger partial charge in [-0.2, -0.15) is 5.10 Å². The fraction of sp³-hybridized carbons (Fsp3) is 0.348. The average Bonchev–Trinajstić information content (AvgIpc) is 3.26. The molecule has 0 fully saturated rings. The molecule has 1 aliphatic carbocycles. The zero-order valence-electron chi connectivity index (χ0n) is 16.2. The van der Waals surface area contributed by atoms with Crippen molar-refractivity contribution in [3.63, 3.8) is 0 Å². The predicted octanol–water partition coefficient (Wildman–Crippen LogP) is 3.18. The highest BCUT2D eigenvalue weighted by Crippen LogP contribution is 2.34. The summed E-state index contributed by atoms with van der Waals surface area (Å²) < 4.78 is 1.86. The van der Waals surface area contributed by atoms with Gasteiger partial charge in [-0.3, -0.25) is 9.58 Å². The van der Waals surface area contributed by atoms with Crippen LogP contribution in [0.3, 0.4) is 0 Å². The quantitative estimate of drug-likeness (QED) is 0.702. The van der Waals surface area contributed by atoms with E-state index in [4.69, 9.17) is 0 Å². The molecule has 1 aromatic heterocycles. The van der Waals surface area contributed by atoms with Gasteiger partial charge in [-0.1, -0.05) is 54.6 Å². The van der Waals surface area contributed by atoms with Crippen LogP contribution in [-0.4, -0.2) is 33.8 Å². The zero-order chi connectivity index (χ0) is 18.7. The van der Waals surface area contributed by atoms with Gasteiger partial charge >= 0.3 is 0 Å². The first-order chi connectivity index (χ1) is 13.1. The normalized spacial score (nSPS) is 15.2. The van der Waals surface area contributed by atoms with Crippen LogP contribution < -0.4 is 5.32 Å². The second-order valence-corrected chi connectivity index (χ2v) is 7.81. The SMILES string of the molecule is CN(Cc1ccccc1)C1(CNCc2cnn(C)c2)Cc2ccccc2C1. The minimum atomic E-state index is 0.0989. The van der Waals surface area contributed by atoms with Gasteiger partial charge in [0.2, 0.25) is 0 Å². The molecule has 4 rings (SSSR count). The van der Waals surface area contributed by atoms with Crippen LogP contribution in [0.5, 0.6) is 0 Å². The monoisotopic (exact) mass is 360 g/mol. The Morgan fingerprint density at radius 1 is 1.00 bits per heavy atom. The molecule has 140 valence electrons. The minimum Gasteiger partial charge on any atom is -0.311 e. The van der Waals surface area contributed by atoms with Gasteiger partial charge in [0.05, 0.1) is 6.20 Å². The van der Waals surface area contributed by atoms with Crippen LogP contribution in [0.15, 0.2) is 67.0 Å². The van der Waals surface area contributed by atoms with E-state index in [1.165, 1.54) is 22.3 Å². The summed E-state index contributed by atoms with van der Waals surface area (Å²) >= 11 is 0. The second kappa shape index (κ2) is 7.67. The topological polar surface area (TPSA) is 33.1 Å². The van der Waals surface area contributed by atoms with Gasteiger partial charge in [-0.05, 0) is 36.6 Å². The molecule has 0 spiro atoms. The van der Waals surface area contributed by atoms with Crippen LogP contribution in [0.25, 0.3) is 0 Å². The molecule has 4 nitrogen and oxygen atoms in total. The van der Waals surface area contributed by atoms with E-state index in [0.29, 0.717) is 0 Å². The zero-order valence-corrected chi connectivity index (χ0v) is 16.2. The number of aryl methyl sites for hydroxylation is 1. The lowest BCUT2D eigenvalue weighted by molar-refractivity contribution is 0.117. The van der Waals surface area contributed by atoms with Crippen LogP contribution in [-0.2, 0) is 33.0 Å². The number of nitrogens with zero attached hydrogens (tertiary/aromatic N) is 3. The molecule has 0 unspecified atom stereocenters. The maximum absolute atomic E-state index is 4.27. The number of benzene rings is 2. The molecule has 2 aromatic carbocycles. The molecule has 1 aliphatic rings. The lowest BCUT2D eigenvalue weighted by atomic mass is 9.92. The Bertz CT molecular complexity index is 859. The molecule has 0 amide bonds. The number of hydrogen-bond acceptors (Lipinski definition) is 3. The lowest BCUT2D eigenvalue weighted by Gasteiger charge is -2.39. The van der Waals surface area contributed by atoms with Gasteiger partial charge in [0.15, 0.2) is 0 Å². The number of hydrogen-bond donors (Lipinski definition) is 1. The Balaban J connectivity index is 1.50. The number of rotatable bonds is 7. The molecule has 0 saturated carbocycles. The van der Waals surface area contributed by atoms with Gasteiger partial charge in [-0.25, -0.2) is 0 Å². The molecule has 1 heterocycles. The summed E-state index contributed by atoms with van der Waals surface area (Å²) in [7, 11) is 4.23. The molecule has 1 N–H and O–H groups in total. The molecule has 4 heteroatoms. The predicted molar refractivity (Wildman–Crippen MR) is 109 cm³/mol. The van der Waals surface area contributed by atoms with E-state index in [1.807, 2.05) is 17.9 Å². The highest BCUT2D eigenvalue weighted by molar-refractivity contribution is 5.37. The van der Waals surface area contributed by atoms with Gasteiger partial charge in [-0.15, -0.1) is 0 Å². The summed E-state index contributed by atoms with van der Waals surface area (Å²) in [5.74, 6) is 0. The third-order valence-electron chi connectivity index (χ3n) is 5.77. The summed E-state index contributed by atoms with van der Waals surface area (Å²) in [6, 6.07) is 19.7. The van der Waals surface area contributed by atoms with Crippen molar-refractivity contribution < 1.29 is 0 Å². The number of fused-ring (bicyclic) bond motifs is 1. The molecule has 0 saturated heterocycles. The average molecular weight is 361 g/mol. The summed E-state index contributed by atoms with van der Waals surface area (Å²) in [6.07, 6.45) is 6.20. The van der Waals surface area contributed by atoms with Gasteiger partial charge in [0.1, 0.15) is 0 Å². The van der Waals surface area contributed by atoms with E-state index in [-0.39, 0.29) is 5.54 Å². The molecule has 0 aliphatic heterocycles. The van der Waals surface area contributed by atoms with E-state index >= 15 is 0 Å². The molecule has 0 bridgehead atoms. The first-order valence-electron chi connectivity index (χ1n) is 9.65. The fourth-order valence-corrected chi connectivity index (χ4v) is 4.23. The maximum Gasteiger partial charge on any atom is 0.0534 e. The van der Waals surface area contributed by atoms with Crippen molar-refractivity contribution in [3.8, 4) is 0 Å². The Hall–Kier alpha value is -2.43. The van der Waals surface area contributed by atoms with Crippen LogP contribution in [0.1, 0.15) is 22.3 Å². The molecule has 0 radical (unpaired) electrons. The fourth-order valence-electron chi connectivity index (χ4n) is 4.23. The van der Waals surface area contributed by atoms with Gasteiger partial charge < -0.3 is 5.32 Å². The summed E-state index contributed by atoms with van der Waals surface area (Å²) in [5.41, 5.74) is 5.67. The third-order valence-corrected chi connectivity index (χ3v) is 5.77. The Kier molecular flexibility index (Phi) is 5.10. The minimum absolute atomic E-state index is 0.0989. The molecule has 0 atom stereocenters. The Labute approximate surface area is 161 Å². The van der Waals surface area contributed by atoms with Crippen molar-refractivity contribution in [1.82, 2.24) is 20.0 Å². The number of aromatic nitrogens is 2. The Morgan fingerprint density at radius 2 is 1.67 bits per heavy atom. The molecular formula is C23H28N4. The van der Waals surface area contributed by atoms with E-state index in [2.05, 4.69) is 83.2 Å². The standard InChI is InChI=1S/C23H28N4/c1-26(16-19-8-4-3-5-9-19)23(12-21-10-6-7-11-22(21)13-23)18-24-14-20-15-25-27(2)17-20/h3-11,15,17,24H,12-14,16,18H2,1-2H3. The number of likely N-dealkylation sites (N-methyl/N-ethyl adjacent to an activating group) is 1. The maximum atomic E-state index is 4.27. The third kappa shape index (κ3) is 3.97. The molecular weight excluding hydrogens is 332 g/mol. The van der Waals surface area contributed by atoms with Crippen molar-refractivity contribution in [2.75, 3.05) is 13.6 Å². The van der Waals surface area contributed by atoms with E-state index < -0.39 is 0 Å². The van der Waals surface area contributed by atoms with Crippen LogP contribution in [0.2, 0.25) is 0 Å². The van der Waals surface area contributed by atoms with Crippen molar-refractivity contribution in [1.29, 1.82) is 0 Å². The summed E-state index contributed by atoms with van der Waals surface area (Å²) in [5, 5.41) is 7.98. The van der Waals surface area contributed by atoms with Gasteiger partial charge in [0.25, 0.3) is 0 Å². The van der Waals surface area contributed by atoms with Crippen LogP contribution in [0.4, 0.5) is 0 Å². The number of nitrogens with one attached hydrogen (secondary N) is 1. The highest BCUT2D eigenvalue weighted by atomic mass is 15.2.